The van der Waals surface area contributed by atoms with Gasteiger partial charge in [0.2, 0.25) is 0 Å². The van der Waals surface area contributed by atoms with Crippen LogP contribution in [0.4, 0.5) is 0 Å². The maximum Gasteiger partial charge on any atom is 0.0645 e. The molecule has 1 aromatic heterocycles. The fraction of sp³-hybridized carbons (Fsp3) is 0.400. The monoisotopic (exact) mass is 291 g/mol. The summed E-state index contributed by atoms with van der Waals surface area (Å²) in [6, 6.07) is 10.6. The number of rotatable bonds is 6. The molecule has 0 aliphatic heterocycles. The Labute approximate surface area is 122 Å². The van der Waals surface area contributed by atoms with E-state index in [9.17, 15) is 4.21 Å². The van der Waals surface area contributed by atoms with Gasteiger partial charge in [-0.2, -0.15) is 5.10 Å². The lowest BCUT2D eigenvalue weighted by Crippen LogP contribution is -2.32. The quantitative estimate of drug-likeness (QED) is 0.818. The zero-order valence-corrected chi connectivity index (χ0v) is 13.0. The third-order valence-corrected chi connectivity index (χ3v) is 4.32. The molecule has 20 heavy (non-hydrogen) atoms. The van der Waals surface area contributed by atoms with Crippen LogP contribution in [0.15, 0.2) is 42.7 Å². The summed E-state index contributed by atoms with van der Waals surface area (Å²) in [4.78, 5) is 2.23. The highest BCUT2D eigenvalue weighted by atomic mass is 32.2. The van der Waals surface area contributed by atoms with E-state index in [1.54, 1.807) is 12.5 Å². The number of nitrogens with zero attached hydrogens (tertiary/aromatic N) is 3. The first kappa shape index (κ1) is 14.9. The molecule has 2 atom stereocenters. The molecule has 5 heteroatoms. The molecule has 2 rings (SSSR count). The Hall–Kier alpha value is -1.46. The predicted molar refractivity (Wildman–Crippen MR) is 83.4 cm³/mol. The highest BCUT2D eigenvalue weighted by Gasteiger charge is 2.11. The number of benzene rings is 1. The molecule has 0 aliphatic carbocycles. The van der Waals surface area contributed by atoms with Crippen LogP contribution < -0.4 is 0 Å². The first-order chi connectivity index (χ1) is 9.56. The van der Waals surface area contributed by atoms with Crippen molar-refractivity contribution in [2.45, 2.75) is 19.5 Å². The molecule has 1 aromatic carbocycles. The van der Waals surface area contributed by atoms with Gasteiger partial charge in [-0.25, -0.2) is 4.68 Å². The first-order valence-corrected chi connectivity index (χ1v) is 8.38. The van der Waals surface area contributed by atoms with Crippen LogP contribution >= 0.6 is 0 Å². The lowest BCUT2D eigenvalue weighted by molar-refractivity contribution is 0.268. The van der Waals surface area contributed by atoms with Crippen molar-refractivity contribution in [3.63, 3.8) is 0 Å². The highest BCUT2D eigenvalue weighted by Crippen LogP contribution is 2.11. The summed E-state index contributed by atoms with van der Waals surface area (Å²) in [5.74, 6) is 0.710. The van der Waals surface area contributed by atoms with E-state index in [0.717, 1.165) is 12.2 Å². The van der Waals surface area contributed by atoms with E-state index in [4.69, 9.17) is 0 Å². The van der Waals surface area contributed by atoms with Crippen LogP contribution in [0.1, 0.15) is 12.5 Å². The van der Waals surface area contributed by atoms with Crippen LogP contribution in [0.5, 0.6) is 0 Å². The number of aromatic nitrogens is 2. The Morgan fingerprint density at radius 1 is 1.35 bits per heavy atom. The summed E-state index contributed by atoms with van der Waals surface area (Å²) in [6.07, 6.45) is 5.46. The summed E-state index contributed by atoms with van der Waals surface area (Å²) in [5, 5.41) is 4.21. The van der Waals surface area contributed by atoms with Gasteiger partial charge in [0.1, 0.15) is 0 Å². The van der Waals surface area contributed by atoms with Gasteiger partial charge >= 0.3 is 0 Å². The Kier molecular flexibility index (Phi) is 5.09. The molecule has 1 heterocycles. The van der Waals surface area contributed by atoms with Crippen molar-refractivity contribution >= 4 is 10.8 Å². The molecule has 2 aromatic rings. The van der Waals surface area contributed by atoms with Crippen molar-refractivity contribution < 1.29 is 4.21 Å². The van der Waals surface area contributed by atoms with E-state index in [2.05, 4.69) is 48.2 Å². The van der Waals surface area contributed by atoms with Crippen molar-refractivity contribution in [1.29, 1.82) is 0 Å². The zero-order valence-electron chi connectivity index (χ0n) is 12.2. The van der Waals surface area contributed by atoms with Crippen molar-refractivity contribution in [3.8, 4) is 5.69 Å². The molecule has 0 saturated carbocycles. The van der Waals surface area contributed by atoms with Crippen LogP contribution in [0.2, 0.25) is 0 Å². The molecule has 108 valence electrons. The SMILES string of the molecule is C[C@@H](C[S@@](C)=O)N(C)Cc1ccc(-n2cccn2)cc1. The van der Waals surface area contributed by atoms with Gasteiger partial charge < -0.3 is 0 Å². The molecule has 0 bridgehead atoms. The summed E-state index contributed by atoms with van der Waals surface area (Å²) in [7, 11) is 1.32. The highest BCUT2D eigenvalue weighted by molar-refractivity contribution is 7.84. The minimum Gasteiger partial charge on any atom is -0.299 e. The second-order valence-corrected chi connectivity index (χ2v) is 6.60. The Morgan fingerprint density at radius 2 is 2.05 bits per heavy atom. The van der Waals surface area contributed by atoms with Crippen molar-refractivity contribution in [3.05, 3.63) is 48.3 Å². The summed E-state index contributed by atoms with van der Waals surface area (Å²) in [6.45, 7) is 2.97. The predicted octanol–water partition coefficient (Wildman–Crippen LogP) is 2.07. The van der Waals surface area contributed by atoms with Gasteiger partial charge in [0.25, 0.3) is 0 Å². The molecule has 0 amide bonds. The van der Waals surface area contributed by atoms with Gasteiger partial charge in [0.15, 0.2) is 0 Å². The van der Waals surface area contributed by atoms with Crippen molar-refractivity contribution in [2.24, 2.45) is 0 Å². The van der Waals surface area contributed by atoms with Crippen LogP contribution in [0.25, 0.3) is 5.69 Å². The normalized spacial score (nSPS) is 14.4. The van der Waals surface area contributed by atoms with Gasteiger partial charge in [0.05, 0.1) is 5.69 Å². The van der Waals surface area contributed by atoms with Gasteiger partial charge in [0, 0.05) is 47.8 Å². The smallest absolute Gasteiger partial charge is 0.0645 e. The summed E-state index contributed by atoms with van der Waals surface area (Å²) in [5.41, 5.74) is 2.31. The van der Waals surface area contributed by atoms with Crippen LogP contribution in [0.3, 0.4) is 0 Å². The van der Waals surface area contributed by atoms with Gasteiger partial charge in [-0.3, -0.25) is 9.11 Å². The second kappa shape index (κ2) is 6.81. The van der Waals surface area contributed by atoms with E-state index in [1.165, 1.54) is 5.56 Å². The Bertz CT molecular complexity index is 551. The fourth-order valence-corrected chi connectivity index (χ4v) is 3.02. The molecule has 0 spiro atoms. The molecule has 0 unspecified atom stereocenters. The maximum atomic E-state index is 11.3. The standard InChI is InChI=1S/C15H21N3OS/c1-13(12-20(3)19)17(2)11-14-5-7-15(8-6-14)18-10-4-9-16-18/h4-10,13H,11-12H2,1-3H3/t13-,20+/m0/s1. The average Bonchev–Trinajstić information content (AvgIpc) is 2.92. The van der Waals surface area contributed by atoms with Crippen LogP contribution in [-0.4, -0.2) is 44.0 Å². The molecule has 0 fully saturated rings. The van der Waals surface area contributed by atoms with Crippen molar-refractivity contribution in [1.82, 2.24) is 14.7 Å². The van der Waals surface area contributed by atoms with Gasteiger partial charge in [-0.1, -0.05) is 12.1 Å². The zero-order chi connectivity index (χ0) is 14.5. The summed E-state index contributed by atoms with van der Waals surface area (Å²) < 4.78 is 13.1. The topological polar surface area (TPSA) is 38.1 Å². The fourth-order valence-electron chi connectivity index (χ4n) is 2.09. The van der Waals surface area contributed by atoms with Gasteiger partial charge in [-0.05, 0) is 37.7 Å². The largest absolute Gasteiger partial charge is 0.299 e. The van der Waals surface area contributed by atoms with E-state index in [1.807, 2.05) is 16.9 Å². The van der Waals surface area contributed by atoms with Gasteiger partial charge in [-0.15, -0.1) is 0 Å². The first-order valence-electron chi connectivity index (χ1n) is 6.65. The molecule has 4 nitrogen and oxygen atoms in total. The third kappa shape index (κ3) is 4.02. The van der Waals surface area contributed by atoms with Crippen molar-refractivity contribution in [2.75, 3.05) is 19.1 Å². The second-order valence-electron chi connectivity index (χ2n) is 5.12. The third-order valence-electron chi connectivity index (χ3n) is 3.37. The molecule has 0 radical (unpaired) electrons. The minimum atomic E-state index is -0.751. The molecule has 0 saturated heterocycles. The molecule has 0 N–H and O–H groups in total. The molecular weight excluding hydrogens is 270 g/mol. The van der Waals surface area contributed by atoms with E-state index >= 15 is 0 Å². The number of hydrogen-bond donors (Lipinski definition) is 0. The molecular formula is C15H21N3OS. The lowest BCUT2D eigenvalue weighted by atomic mass is 10.2. The van der Waals surface area contributed by atoms with E-state index < -0.39 is 10.8 Å². The lowest BCUT2D eigenvalue weighted by Gasteiger charge is -2.24. The van der Waals surface area contributed by atoms with E-state index in [0.29, 0.717) is 11.8 Å². The average molecular weight is 291 g/mol. The number of hydrogen-bond acceptors (Lipinski definition) is 3. The summed E-state index contributed by atoms with van der Waals surface area (Å²) >= 11 is 0. The maximum absolute atomic E-state index is 11.3. The molecule has 0 aliphatic rings. The van der Waals surface area contributed by atoms with Crippen LogP contribution in [0, 0.1) is 0 Å². The van der Waals surface area contributed by atoms with E-state index in [-0.39, 0.29) is 0 Å². The Morgan fingerprint density at radius 3 is 2.60 bits per heavy atom. The van der Waals surface area contributed by atoms with Crippen LogP contribution in [-0.2, 0) is 17.3 Å². The Balaban J connectivity index is 1.98. The minimum absolute atomic E-state index is 0.312.